The number of terminal acetylenes is 1. The van der Waals surface area contributed by atoms with E-state index in [0.29, 0.717) is 16.5 Å². The second kappa shape index (κ2) is 4.56. The molecular formula is C11H9Cl2. The van der Waals surface area contributed by atoms with Crippen molar-refractivity contribution in [2.24, 2.45) is 0 Å². The Morgan fingerprint density at radius 1 is 1.46 bits per heavy atom. The molecule has 0 fully saturated rings. The third kappa shape index (κ3) is 2.66. The average Bonchev–Trinajstić information content (AvgIpc) is 2.04. The number of rotatable bonds is 2. The van der Waals surface area contributed by atoms with Crippen LogP contribution < -0.4 is 0 Å². The van der Waals surface area contributed by atoms with Crippen molar-refractivity contribution in [1.29, 1.82) is 0 Å². The summed E-state index contributed by atoms with van der Waals surface area (Å²) in [7, 11) is 0. The fourth-order valence-electron chi connectivity index (χ4n) is 1.08. The van der Waals surface area contributed by atoms with Gasteiger partial charge in [0.1, 0.15) is 0 Å². The van der Waals surface area contributed by atoms with Gasteiger partial charge in [0, 0.05) is 16.5 Å². The molecule has 67 valence electrons. The molecule has 13 heavy (non-hydrogen) atoms. The predicted octanol–water partition coefficient (Wildman–Crippen LogP) is 3.93. The van der Waals surface area contributed by atoms with Crippen molar-refractivity contribution in [2.75, 3.05) is 0 Å². The third-order valence-electron chi connectivity index (χ3n) is 1.77. The van der Waals surface area contributed by atoms with Crippen molar-refractivity contribution in [1.82, 2.24) is 0 Å². The van der Waals surface area contributed by atoms with Gasteiger partial charge in [-0.3, -0.25) is 0 Å². The number of hydrogen-bond donors (Lipinski definition) is 0. The van der Waals surface area contributed by atoms with E-state index in [1.165, 1.54) is 0 Å². The number of halogens is 2. The Morgan fingerprint density at radius 3 is 2.69 bits per heavy atom. The van der Waals surface area contributed by atoms with Gasteiger partial charge in [-0.25, -0.2) is 0 Å². The summed E-state index contributed by atoms with van der Waals surface area (Å²) in [6.45, 7) is 3.92. The molecule has 1 radical (unpaired) electrons. The maximum absolute atomic E-state index is 5.97. The van der Waals surface area contributed by atoms with Crippen LogP contribution in [0.3, 0.4) is 0 Å². The fraction of sp³-hybridized carbons (Fsp3) is 0.182. The first-order valence-electron chi connectivity index (χ1n) is 3.86. The highest BCUT2D eigenvalue weighted by Gasteiger charge is 2.08. The van der Waals surface area contributed by atoms with Gasteiger partial charge in [0.15, 0.2) is 0 Å². The van der Waals surface area contributed by atoms with Crippen LogP contribution in [0.1, 0.15) is 17.9 Å². The van der Waals surface area contributed by atoms with Crippen LogP contribution in [0.5, 0.6) is 0 Å². The molecular weight excluding hydrogens is 203 g/mol. The Hall–Kier alpha value is -0.640. The van der Waals surface area contributed by atoms with E-state index in [9.17, 15) is 0 Å². The Bertz CT molecular complexity index is 336. The molecule has 0 N–H and O–H groups in total. The standard InChI is InChI=1S/C11H9Cl2/c1-3-4-8(2)10-6-5-9(12)7-11(10)13/h1,5-8H,2,4H2. The summed E-state index contributed by atoms with van der Waals surface area (Å²) in [4.78, 5) is 0. The molecule has 1 aromatic rings. The van der Waals surface area contributed by atoms with Crippen LogP contribution in [0.2, 0.25) is 10.0 Å². The van der Waals surface area contributed by atoms with Crippen molar-refractivity contribution in [2.45, 2.75) is 12.3 Å². The first-order valence-corrected chi connectivity index (χ1v) is 4.62. The molecule has 0 bridgehead atoms. The molecule has 0 aliphatic carbocycles. The van der Waals surface area contributed by atoms with Gasteiger partial charge in [-0.2, -0.15) is 0 Å². The van der Waals surface area contributed by atoms with E-state index in [1.54, 1.807) is 12.1 Å². The zero-order valence-corrected chi connectivity index (χ0v) is 8.57. The zero-order chi connectivity index (χ0) is 9.84. The third-order valence-corrected chi connectivity index (χ3v) is 2.33. The van der Waals surface area contributed by atoms with Crippen molar-refractivity contribution in [3.05, 3.63) is 40.7 Å². The molecule has 1 unspecified atom stereocenters. The van der Waals surface area contributed by atoms with Crippen molar-refractivity contribution in [3.8, 4) is 12.3 Å². The van der Waals surface area contributed by atoms with Crippen molar-refractivity contribution in [3.63, 3.8) is 0 Å². The highest BCUT2D eigenvalue weighted by atomic mass is 35.5. The SMILES string of the molecule is C#CCC([CH2])c1ccc(Cl)cc1Cl. The second-order valence-corrected chi connectivity index (χ2v) is 3.61. The summed E-state index contributed by atoms with van der Waals surface area (Å²) in [5.41, 5.74) is 0.948. The summed E-state index contributed by atoms with van der Waals surface area (Å²) in [6.07, 6.45) is 5.77. The van der Waals surface area contributed by atoms with Gasteiger partial charge in [0.2, 0.25) is 0 Å². The highest BCUT2D eigenvalue weighted by molar-refractivity contribution is 6.35. The fourth-order valence-corrected chi connectivity index (χ4v) is 1.65. The first kappa shape index (κ1) is 10.4. The molecule has 0 saturated heterocycles. The quantitative estimate of drug-likeness (QED) is 0.651. The monoisotopic (exact) mass is 211 g/mol. The van der Waals surface area contributed by atoms with Gasteiger partial charge >= 0.3 is 0 Å². The molecule has 1 atom stereocenters. The molecule has 0 aliphatic rings. The lowest BCUT2D eigenvalue weighted by Crippen LogP contribution is -1.93. The van der Waals surface area contributed by atoms with Gasteiger partial charge in [-0.05, 0) is 30.5 Å². The first-order chi connectivity index (χ1) is 6.15. The second-order valence-electron chi connectivity index (χ2n) is 2.77. The summed E-state index contributed by atoms with van der Waals surface area (Å²) in [6, 6.07) is 5.35. The van der Waals surface area contributed by atoms with Crippen LogP contribution in [-0.4, -0.2) is 0 Å². The Morgan fingerprint density at radius 2 is 2.15 bits per heavy atom. The van der Waals surface area contributed by atoms with Crippen LogP contribution in [0.4, 0.5) is 0 Å². The molecule has 0 spiro atoms. The summed E-state index contributed by atoms with van der Waals surface area (Å²) < 4.78 is 0. The molecule has 1 rings (SSSR count). The maximum atomic E-state index is 5.97. The van der Waals surface area contributed by atoms with E-state index < -0.39 is 0 Å². The molecule has 0 amide bonds. The van der Waals surface area contributed by atoms with Gasteiger partial charge in [0.25, 0.3) is 0 Å². The lowest BCUT2D eigenvalue weighted by molar-refractivity contribution is 0.880. The van der Waals surface area contributed by atoms with Crippen LogP contribution in [-0.2, 0) is 0 Å². The molecule has 2 heteroatoms. The van der Waals surface area contributed by atoms with E-state index >= 15 is 0 Å². The molecule has 0 saturated carbocycles. The predicted molar refractivity (Wildman–Crippen MR) is 58.0 cm³/mol. The van der Waals surface area contributed by atoms with Gasteiger partial charge in [-0.1, -0.05) is 29.3 Å². The molecule has 0 heterocycles. The van der Waals surface area contributed by atoms with E-state index in [2.05, 4.69) is 12.8 Å². The summed E-state index contributed by atoms with van der Waals surface area (Å²) >= 11 is 11.7. The average molecular weight is 212 g/mol. The summed E-state index contributed by atoms with van der Waals surface area (Å²) in [5.74, 6) is 2.59. The van der Waals surface area contributed by atoms with Gasteiger partial charge in [0.05, 0.1) is 0 Å². The van der Waals surface area contributed by atoms with E-state index in [4.69, 9.17) is 29.6 Å². The lowest BCUT2D eigenvalue weighted by Gasteiger charge is -2.10. The summed E-state index contributed by atoms with van der Waals surface area (Å²) in [5, 5.41) is 1.25. The van der Waals surface area contributed by atoms with Crippen LogP contribution in [0.15, 0.2) is 18.2 Å². The number of hydrogen-bond acceptors (Lipinski definition) is 0. The van der Waals surface area contributed by atoms with E-state index in [1.807, 2.05) is 6.07 Å². The molecule has 1 aromatic carbocycles. The minimum absolute atomic E-state index is 0.0368. The highest BCUT2D eigenvalue weighted by Crippen LogP contribution is 2.28. The van der Waals surface area contributed by atoms with E-state index in [0.717, 1.165) is 5.56 Å². The van der Waals surface area contributed by atoms with Crippen LogP contribution in [0, 0.1) is 19.3 Å². The number of benzene rings is 1. The Kier molecular flexibility index (Phi) is 3.66. The van der Waals surface area contributed by atoms with Gasteiger partial charge in [-0.15, -0.1) is 12.3 Å². The Labute approximate surface area is 88.9 Å². The molecule has 0 aliphatic heterocycles. The lowest BCUT2D eigenvalue weighted by atomic mass is 9.98. The maximum Gasteiger partial charge on any atom is 0.0455 e. The molecule has 0 aromatic heterocycles. The minimum Gasteiger partial charge on any atom is -0.120 e. The largest absolute Gasteiger partial charge is 0.120 e. The van der Waals surface area contributed by atoms with E-state index in [-0.39, 0.29) is 5.92 Å². The minimum atomic E-state index is 0.0368. The van der Waals surface area contributed by atoms with Gasteiger partial charge < -0.3 is 0 Å². The van der Waals surface area contributed by atoms with Crippen LogP contribution in [0.25, 0.3) is 0 Å². The topological polar surface area (TPSA) is 0 Å². The van der Waals surface area contributed by atoms with Crippen LogP contribution >= 0.6 is 23.2 Å². The van der Waals surface area contributed by atoms with Crippen molar-refractivity contribution >= 4 is 23.2 Å². The van der Waals surface area contributed by atoms with Crippen molar-refractivity contribution < 1.29 is 0 Å². The zero-order valence-electron chi connectivity index (χ0n) is 7.06. The molecule has 0 nitrogen and oxygen atoms in total. The normalized spacial score (nSPS) is 12.2. The Balaban J connectivity index is 2.96. The smallest absolute Gasteiger partial charge is 0.0455 e.